The van der Waals surface area contributed by atoms with Gasteiger partial charge in [0.2, 0.25) is 0 Å². The maximum absolute atomic E-state index is 12.1. The third kappa shape index (κ3) is 5.82. The second-order valence-corrected chi connectivity index (χ2v) is 6.74. The Morgan fingerprint density at radius 1 is 1.07 bits per heavy atom. The lowest BCUT2D eigenvalue weighted by atomic mass is 10.0. The van der Waals surface area contributed by atoms with Gasteiger partial charge in [0.1, 0.15) is 5.75 Å². The predicted molar refractivity (Wildman–Crippen MR) is 104 cm³/mol. The van der Waals surface area contributed by atoms with Crippen LogP contribution in [0.2, 0.25) is 0 Å². The second kappa shape index (κ2) is 9.90. The summed E-state index contributed by atoms with van der Waals surface area (Å²) >= 11 is 0. The zero-order valence-corrected chi connectivity index (χ0v) is 16.0. The fourth-order valence-electron chi connectivity index (χ4n) is 3.06. The molecule has 1 atom stereocenters. The first-order valence-corrected chi connectivity index (χ1v) is 9.41. The number of carbonyl (C=O) groups is 2. The Morgan fingerprint density at radius 2 is 1.82 bits per heavy atom. The zero-order valence-electron chi connectivity index (χ0n) is 16.0. The monoisotopic (exact) mass is 383 g/mol. The van der Waals surface area contributed by atoms with Crippen LogP contribution < -0.4 is 4.74 Å². The molecule has 2 aromatic carbocycles. The number of morpholine rings is 1. The lowest BCUT2D eigenvalue weighted by molar-refractivity contribution is -0.156. The van der Waals surface area contributed by atoms with E-state index in [-0.39, 0.29) is 25.2 Å². The Balaban J connectivity index is 1.47. The van der Waals surface area contributed by atoms with Crippen molar-refractivity contribution >= 4 is 11.9 Å². The molecule has 6 nitrogen and oxygen atoms in total. The topological polar surface area (TPSA) is 65.1 Å². The molecule has 1 amide bonds. The number of para-hydroxylation sites is 1. The van der Waals surface area contributed by atoms with Crippen molar-refractivity contribution in [2.75, 3.05) is 32.9 Å². The van der Waals surface area contributed by atoms with E-state index < -0.39 is 5.97 Å². The molecule has 2 aromatic rings. The number of ether oxygens (including phenoxy) is 3. The Kier molecular flexibility index (Phi) is 7.03. The van der Waals surface area contributed by atoms with Crippen LogP contribution in [0.3, 0.4) is 0 Å². The number of rotatable bonds is 7. The first-order chi connectivity index (χ1) is 13.6. The van der Waals surface area contributed by atoms with E-state index in [9.17, 15) is 9.59 Å². The molecule has 1 fully saturated rings. The smallest absolute Gasteiger partial charge is 0.344 e. The Bertz CT molecular complexity index is 793. The van der Waals surface area contributed by atoms with Crippen molar-refractivity contribution in [2.24, 2.45) is 0 Å². The summed E-state index contributed by atoms with van der Waals surface area (Å²) in [7, 11) is 0. The molecule has 0 N–H and O–H groups in total. The van der Waals surface area contributed by atoms with Crippen LogP contribution in [0.5, 0.6) is 5.75 Å². The molecule has 28 heavy (non-hydrogen) atoms. The van der Waals surface area contributed by atoms with Crippen LogP contribution in [0.25, 0.3) is 0 Å². The highest BCUT2D eigenvalue weighted by Gasteiger charge is 2.22. The van der Waals surface area contributed by atoms with Crippen LogP contribution in [-0.4, -0.2) is 55.8 Å². The van der Waals surface area contributed by atoms with E-state index in [1.807, 2.05) is 61.5 Å². The van der Waals surface area contributed by atoms with Gasteiger partial charge in [-0.15, -0.1) is 0 Å². The molecule has 1 aliphatic rings. The van der Waals surface area contributed by atoms with Crippen molar-refractivity contribution in [1.29, 1.82) is 0 Å². The molecule has 0 aromatic heterocycles. The average molecular weight is 383 g/mol. The fraction of sp³-hybridized carbons (Fsp3) is 0.364. The summed E-state index contributed by atoms with van der Waals surface area (Å²) in [5.41, 5.74) is 2.14. The van der Waals surface area contributed by atoms with Gasteiger partial charge in [0.25, 0.3) is 5.91 Å². The molecular formula is C22H25NO5. The fourth-order valence-corrected chi connectivity index (χ4v) is 3.06. The van der Waals surface area contributed by atoms with Crippen LogP contribution in [0.4, 0.5) is 0 Å². The van der Waals surface area contributed by atoms with E-state index in [0.717, 1.165) is 11.1 Å². The van der Waals surface area contributed by atoms with Crippen molar-refractivity contribution in [3.63, 3.8) is 0 Å². The molecule has 1 aliphatic heterocycles. The highest BCUT2D eigenvalue weighted by molar-refractivity contribution is 5.81. The predicted octanol–water partition coefficient (Wildman–Crippen LogP) is 2.45. The third-order valence-electron chi connectivity index (χ3n) is 4.51. The summed E-state index contributed by atoms with van der Waals surface area (Å²) in [4.78, 5) is 25.8. The third-order valence-corrected chi connectivity index (χ3v) is 4.51. The van der Waals surface area contributed by atoms with Crippen molar-refractivity contribution in [2.45, 2.75) is 19.4 Å². The molecule has 1 saturated heterocycles. The van der Waals surface area contributed by atoms with Gasteiger partial charge in [-0.25, -0.2) is 4.79 Å². The molecule has 3 rings (SSSR count). The van der Waals surface area contributed by atoms with E-state index in [0.29, 0.717) is 31.9 Å². The second-order valence-electron chi connectivity index (χ2n) is 6.74. The highest BCUT2D eigenvalue weighted by atomic mass is 16.6. The Hall–Kier alpha value is -2.86. The minimum Gasteiger partial charge on any atom is -0.482 e. The summed E-state index contributed by atoms with van der Waals surface area (Å²) in [6, 6.07) is 17.6. The van der Waals surface area contributed by atoms with E-state index in [1.165, 1.54) is 0 Å². The quantitative estimate of drug-likeness (QED) is 0.687. The van der Waals surface area contributed by atoms with Crippen molar-refractivity contribution in [3.8, 4) is 5.75 Å². The van der Waals surface area contributed by atoms with Gasteiger partial charge in [-0.3, -0.25) is 4.79 Å². The minimum absolute atomic E-state index is 0.00199. The summed E-state index contributed by atoms with van der Waals surface area (Å²) in [6.45, 7) is 2.93. The van der Waals surface area contributed by atoms with Crippen LogP contribution in [0.15, 0.2) is 54.6 Å². The number of amides is 1. The van der Waals surface area contributed by atoms with Gasteiger partial charge in [0.15, 0.2) is 13.2 Å². The van der Waals surface area contributed by atoms with Crippen LogP contribution >= 0.6 is 0 Å². The Labute approximate surface area is 165 Å². The standard InChI is InChI=1S/C22H25NO5/c1-17-14-23(11-12-26-17)21(24)15-28-22(25)16-27-20-10-6-5-9-19(20)13-18-7-3-2-4-8-18/h2-10,17H,11-16H2,1H3. The first kappa shape index (κ1) is 19.9. The van der Waals surface area contributed by atoms with Crippen LogP contribution in [-0.2, 0) is 25.5 Å². The SMILES string of the molecule is CC1CN(C(=O)COC(=O)COc2ccccc2Cc2ccccc2)CCO1. The minimum atomic E-state index is -0.566. The number of esters is 1. The Morgan fingerprint density at radius 3 is 2.61 bits per heavy atom. The number of hydrogen-bond acceptors (Lipinski definition) is 5. The van der Waals surface area contributed by atoms with Gasteiger partial charge >= 0.3 is 5.97 Å². The van der Waals surface area contributed by atoms with Gasteiger partial charge < -0.3 is 19.1 Å². The lowest BCUT2D eigenvalue weighted by Gasteiger charge is -2.30. The van der Waals surface area contributed by atoms with Crippen molar-refractivity contribution < 1.29 is 23.8 Å². The molecule has 0 spiro atoms. The van der Waals surface area contributed by atoms with Gasteiger partial charge in [-0.1, -0.05) is 48.5 Å². The maximum Gasteiger partial charge on any atom is 0.344 e. The highest BCUT2D eigenvalue weighted by Crippen LogP contribution is 2.21. The van der Waals surface area contributed by atoms with E-state index in [2.05, 4.69) is 0 Å². The van der Waals surface area contributed by atoms with Crippen molar-refractivity contribution in [1.82, 2.24) is 4.90 Å². The largest absolute Gasteiger partial charge is 0.482 e. The van der Waals surface area contributed by atoms with E-state index >= 15 is 0 Å². The zero-order chi connectivity index (χ0) is 19.8. The van der Waals surface area contributed by atoms with Gasteiger partial charge in [-0.05, 0) is 24.1 Å². The molecule has 6 heteroatoms. The van der Waals surface area contributed by atoms with Gasteiger partial charge in [-0.2, -0.15) is 0 Å². The van der Waals surface area contributed by atoms with Crippen LogP contribution in [0, 0.1) is 0 Å². The first-order valence-electron chi connectivity index (χ1n) is 9.41. The van der Waals surface area contributed by atoms with Crippen molar-refractivity contribution in [3.05, 3.63) is 65.7 Å². The normalized spacial score (nSPS) is 16.5. The number of nitrogens with zero attached hydrogens (tertiary/aromatic N) is 1. The summed E-state index contributed by atoms with van der Waals surface area (Å²) < 4.78 is 16.1. The number of carbonyl (C=O) groups excluding carboxylic acids is 2. The molecule has 0 radical (unpaired) electrons. The van der Waals surface area contributed by atoms with E-state index in [1.54, 1.807) is 4.90 Å². The molecular weight excluding hydrogens is 358 g/mol. The summed E-state index contributed by atoms with van der Waals surface area (Å²) in [6.07, 6.45) is 0.706. The van der Waals surface area contributed by atoms with Crippen LogP contribution in [0.1, 0.15) is 18.1 Å². The molecule has 0 saturated carbocycles. The molecule has 1 heterocycles. The summed E-state index contributed by atoms with van der Waals surface area (Å²) in [5, 5.41) is 0. The van der Waals surface area contributed by atoms with Gasteiger partial charge in [0.05, 0.1) is 12.7 Å². The number of benzene rings is 2. The van der Waals surface area contributed by atoms with Gasteiger partial charge in [0, 0.05) is 19.5 Å². The molecule has 0 aliphatic carbocycles. The number of hydrogen-bond donors (Lipinski definition) is 0. The maximum atomic E-state index is 12.1. The average Bonchev–Trinajstić information content (AvgIpc) is 2.72. The molecule has 1 unspecified atom stereocenters. The van der Waals surface area contributed by atoms with E-state index in [4.69, 9.17) is 14.2 Å². The molecule has 148 valence electrons. The lowest BCUT2D eigenvalue weighted by Crippen LogP contribution is -2.46. The molecule has 0 bridgehead atoms. The summed E-state index contributed by atoms with van der Waals surface area (Å²) in [5.74, 6) is -0.145.